The van der Waals surface area contributed by atoms with Gasteiger partial charge < -0.3 is 19.8 Å². The number of aliphatic hydroxyl groups excluding tert-OH is 1. The third kappa shape index (κ3) is 71.9. The fourth-order valence-corrected chi connectivity index (χ4v) is 12.7. The molecular formula is C79H154N2O6P+. The van der Waals surface area contributed by atoms with Crippen molar-refractivity contribution in [1.82, 2.24) is 5.32 Å². The monoisotopic (exact) mass is 1260 g/mol. The number of nitrogens with one attached hydrogen (secondary N) is 1. The fraction of sp³-hybridized carbons (Fsp3) is 0.886. The molecule has 0 aliphatic rings. The quantitative estimate of drug-likeness (QED) is 0.0243. The lowest BCUT2D eigenvalue weighted by Gasteiger charge is -2.25. The second kappa shape index (κ2) is 69.8. The Balaban J connectivity index is 3.96. The topological polar surface area (TPSA) is 105 Å². The summed E-state index contributed by atoms with van der Waals surface area (Å²) in [5.74, 6) is -0.169. The summed E-state index contributed by atoms with van der Waals surface area (Å²) < 4.78 is 23.9. The van der Waals surface area contributed by atoms with E-state index in [0.29, 0.717) is 17.4 Å². The van der Waals surface area contributed by atoms with Crippen LogP contribution in [0.5, 0.6) is 0 Å². The Labute approximate surface area is 549 Å². The molecule has 1 amide bonds. The number of likely N-dealkylation sites (N-methyl/N-ethyl adjacent to an activating group) is 1. The average molecular weight is 1260 g/mol. The molecule has 8 nitrogen and oxygen atoms in total. The number of carbonyl (C=O) groups excluding carboxylic acids is 1. The summed E-state index contributed by atoms with van der Waals surface area (Å²) in [4.78, 5) is 23.5. The van der Waals surface area contributed by atoms with Crippen LogP contribution in [-0.2, 0) is 18.4 Å². The van der Waals surface area contributed by atoms with Crippen LogP contribution in [-0.4, -0.2) is 73.4 Å². The summed E-state index contributed by atoms with van der Waals surface area (Å²) in [5.41, 5.74) is 0. The lowest BCUT2D eigenvalue weighted by molar-refractivity contribution is -0.870. The first kappa shape index (κ1) is 86.5. The van der Waals surface area contributed by atoms with Crippen LogP contribution in [0.2, 0.25) is 0 Å². The van der Waals surface area contributed by atoms with Gasteiger partial charge in [-0.1, -0.05) is 383 Å². The van der Waals surface area contributed by atoms with E-state index in [1.165, 1.54) is 334 Å². The number of quaternary nitrogens is 1. The summed E-state index contributed by atoms with van der Waals surface area (Å²) in [7, 11) is 1.59. The van der Waals surface area contributed by atoms with E-state index in [2.05, 4.69) is 55.6 Å². The highest BCUT2D eigenvalue weighted by Crippen LogP contribution is 2.43. The van der Waals surface area contributed by atoms with Crippen LogP contribution in [0.15, 0.2) is 48.6 Å². The van der Waals surface area contributed by atoms with Gasteiger partial charge in [0.1, 0.15) is 13.2 Å². The van der Waals surface area contributed by atoms with Crippen molar-refractivity contribution in [1.29, 1.82) is 0 Å². The van der Waals surface area contributed by atoms with Gasteiger partial charge in [0.05, 0.1) is 39.9 Å². The Hall–Kier alpha value is -1.54. The zero-order valence-electron chi connectivity index (χ0n) is 59.7. The summed E-state index contributed by atoms with van der Waals surface area (Å²) in [6.45, 7) is 4.87. The van der Waals surface area contributed by atoms with E-state index in [0.717, 1.165) is 44.9 Å². The Bertz CT molecular complexity index is 1580. The third-order valence-electron chi connectivity index (χ3n) is 18.0. The molecule has 520 valence electrons. The SMILES string of the molecule is CCCCCCC/C=C\C/C=C\C/C=C\CCCCCCCCCCCCCCCCCCCCCCCCC(=O)NC(COP(=O)(O)OCC[N+](C)(C)C)C(O)/C=C/CCCCCCCCCCCCCCCCCCCCCCCCCCCCC. The van der Waals surface area contributed by atoms with Gasteiger partial charge in [0, 0.05) is 6.42 Å². The number of hydrogen-bond donors (Lipinski definition) is 3. The molecule has 0 aromatic carbocycles. The van der Waals surface area contributed by atoms with Crippen molar-refractivity contribution in [3.05, 3.63) is 48.6 Å². The molecule has 0 saturated carbocycles. The number of amides is 1. The Morgan fingerprint density at radius 1 is 0.386 bits per heavy atom. The average Bonchev–Trinajstić information content (AvgIpc) is 3.70. The molecule has 0 aliphatic heterocycles. The Morgan fingerprint density at radius 2 is 0.648 bits per heavy atom. The first-order chi connectivity index (χ1) is 43.0. The molecule has 3 unspecified atom stereocenters. The number of phosphoric acid groups is 1. The second-order valence-corrected chi connectivity index (χ2v) is 29.5. The van der Waals surface area contributed by atoms with Crippen molar-refractivity contribution in [2.24, 2.45) is 0 Å². The maximum absolute atomic E-state index is 13.1. The van der Waals surface area contributed by atoms with E-state index >= 15 is 0 Å². The number of nitrogens with zero attached hydrogens (tertiary/aromatic N) is 1. The van der Waals surface area contributed by atoms with Crippen LogP contribution >= 0.6 is 7.82 Å². The third-order valence-corrected chi connectivity index (χ3v) is 19.0. The smallest absolute Gasteiger partial charge is 0.387 e. The molecule has 88 heavy (non-hydrogen) atoms. The maximum atomic E-state index is 13.1. The van der Waals surface area contributed by atoms with Gasteiger partial charge >= 0.3 is 7.82 Å². The maximum Gasteiger partial charge on any atom is 0.472 e. The van der Waals surface area contributed by atoms with Crippen molar-refractivity contribution >= 4 is 13.7 Å². The first-order valence-electron chi connectivity index (χ1n) is 39.0. The largest absolute Gasteiger partial charge is 0.472 e. The van der Waals surface area contributed by atoms with Gasteiger partial charge in [-0.2, -0.15) is 0 Å². The lowest BCUT2D eigenvalue weighted by Crippen LogP contribution is -2.45. The molecule has 0 radical (unpaired) electrons. The van der Waals surface area contributed by atoms with Crippen LogP contribution in [0.4, 0.5) is 0 Å². The van der Waals surface area contributed by atoms with Gasteiger partial charge in [-0.05, 0) is 57.8 Å². The van der Waals surface area contributed by atoms with Gasteiger partial charge in [0.25, 0.3) is 0 Å². The highest BCUT2D eigenvalue weighted by Gasteiger charge is 2.28. The molecule has 3 atom stereocenters. The number of unbranched alkanes of at least 4 members (excludes halogenated alkanes) is 54. The van der Waals surface area contributed by atoms with E-state index in [1.54, 1.807) is 6.08 Å². The Kier molecular flexibility index (Phi) is 68.6. The molecule has 9 heteroatoms. The molecule has 0 aliphatic carbocycles. The van der Waals surface area contributed by atoms with Gasteiger partial charge in [0.2, 0.25) is 5.91 Å². The highest BCUT2D eigenvalue weighted by molar-refractivity contribution is 7.47. The van der Waals surface area contributed by atoms with E-state index in [-0.39, 0.29) is 19.1 Å². The van der Waals surface area contributed by atoms with Crippen molar-refractivity contribution in [3.63, 3.8) is 0 Å². The van der Waals surface area contributed by atoms with Crippen molar-refractivity contribution in [2.75, 3.05) is 40.9 Å². The normalized spacial score (nSPS) is 13.8. The summed E-state index contributed by atoms with van der Waals surface area (Å²) in [6.07, 6.45) is 95.8. The van der Waals surface area contributed by atoms with Crippen LogP contribution in [0.25, 0.3) is 0 Å². The number of aliphatic hydroxyl groups is 1. The van der Waals surface area contributed by atoms with Gasteiger partial charge in [-0.25, -0.2) is 4.57 Å². The molecule has 0 rings (SSSR count). The molecule has 0 aromatic heterocycles. The zero-order chi connectivity index (χ0) is 64.1. The molecule has 3 N–H and O–H groups in total. The molecule has 0 aromatic rings. The van der Waals surface area contributed by atoms with E-state index in [1.807, 2.05) is 27.2 Å². The van der Waals surface area contributed by atoms with Gasteiger partial charge in [0.15, 0.2) is 0 Å². The molecule has 0 bridgehead atoms. The molecule has 0 fully saturated rings. The fourth-order valence-electron chi connectivity index (χ4n) is 12.0. The van der Waals surface area contributed by atoms with Gasteiger partial charge in [-0.3, -0.25) is 13.8 Å². The summed E-state index contributed by atoms with van der Waals surface area (Å²) >= 11 is 0. The summed E-state index contributed by atoms with van der Waals surface area (Å²) in [5, 5.41) is 14.1. The second-order valence-electron chi connectivity index (χ2n) is 28.1. The molecule has 0 spiro atoms. The number of allylic oxidation sites excluding steroid dienone is 7. The Morgan fingerprint density at radius 3 is 0.943 bits per heavy atom. The molecule has 0 heterocycles. The van der Waals surface area contributed by atoms with Crippen molar-refractivity contribution in [2.45, 2.75) is 411 Å². The van der Waals surface area contributed by atoms with E-state index < -0.39 is 20.0 Å². The van der Waals surface area contributed by atoms with E-state index in [9.17, 15) is 19.4 Å². The number of carbonyl (C=O) groups is 1. The standard InChI is InChI=1S/C79H153N2O6P/c1-6-8-10-12-14-16-18-20-22-24-26-28-30-32-34-36-37-38-39-40-41-42-43-45-47-49-51-53-55-57-59-61-63-65-67-69-71-73-79(83)80-77(76-87-88(84,85)86-75-74-81(3,4)5)78(82)72-70-68-66-64-62-60-58-56-54-52-50-48-46-44-35-33-31-29-27-25-23-21-19-17-15-13-11-9-7-2/h18,20,24,26,30,32,70,72,77-78,82H,6-17,19,21-23,25,27-29,31,33-69,71,73-76H2,1-5H3,(H-,80,83,84,85)/p+1/b20-18-,26-24-,32-30-,72-70+. The summed E-state index contributed by atoms with van der Waals surface area (Å²) in [6, 6.07) is -0.848. The molecular weight excluding hydrogens is 1100 g/mol. The predicted molar refractivity (Wildman–Crippen MR) is 387 cm³/mol. The van der Waals surface area contributed by atoms with Crippen LogP contribution in [0.1, 0.15) is 399 Å². The predicted octanol–water partition coefficient (Wildman–Crippen LogP) is 25.3. The van der Waals surface area contributed by atoms with Gasteiger partial charge in [-0.15, -0.1) is 0 Å². The highest BCUT2D eigenvalue weighted by atomic mass is 31.2. The lowest BCUT2D eigenvalue weighted by atomic mass is 10.0. The minimum atomic E-state index is -4.36. The number of rotatable bonds is 73. The van der Waals surface area contributed by atoms with Crippen LogP contribution in [0.3, 0.4) is 0 Å². The van der Waals surface area contributed by atoms with Crippen molar-refractivity contribution < 1.29 is 32.9 Å². The number of hydrogen-bond acceptors (Lipinski definition) is 5. The van der Waals surface area contributed by atoms with Crippen molar-refractivity contribution in [3.8, 4) is 0 Å². The minimum Gasteiger partial charge on any atom is -0.387 e. The van der Waals surface area contributed by atoms with E-state index in [4.69, 9.17) is 9.05 Å². The number of phosphoric ester groups is 1. The first-order valence-corrected chi connectivity index (χ1v) is 40.5. The minimum absolute atomic E-state index is 0.0634. The zero-order valence-corrected chi connectivity index (χ0v) is 60.6. The van der Waals surface area contributed by atoms with Crippen LogP contribution < -0.4 is 5.32 Å². The molecule has 0 saturated heterocycles. The van der Waals surface area contributed by atoms with Crippen LogP contribution in [0, 0.1) is 0 Å².